The van der Waals surface area contributed by atoms with Gasteiger partial charge in [0.2, 0.25) is 24.8 Å². The van der Waals surface area contributed by atoms with Crippen LogP contribution in [0.4, 0.5) is 0 Å². The summed E-state index contributed by atoms with van der Waals surface area (Å²) in [6, 6.07) is 19.7. The number of aromatic nitrogens is 2. The van der Waals surface area contributed by atoms with Crippen molar-refractivity contribution in [1.29, 1.82) is 0 Å². The first-order valence-corrected chi connectivity index (χ1v) is 8.00. The van der Waals surface area contributed by atoms with Gasteiger partial charge < -0.3 is 0 Å². The third-order valence-corrected chi connectivity index (χ3v) is 4.17. The molecule has 0 bridgehead atoms. The molecule has 0 unspecified atom stereocenters. The fraction of sp³-hybridized carbons (Fsp3) is 0.0588. The van der Waals surface area contributed by atoms with Crippen molar-refractivity contribution in [2.45, 2.75) is 11.8 Å². The van der Waals surface area contributed by atoms with Crippen LogP contribution in [-0.2, 0) is 0 Å². The molecule has 3 rings (SSSR count). The lowest BCUT2D eigenvalue weighted by Crippen LogP contribution is -2.47. The van der Waals surface area contributed by atoms with Gasteiger partial charge in [-0.2, -0.15) is 8.57 Å². The summed E-state index contributed by atoms with van der Waals surface area (Å²) in [5, 5.41) is 0. The first kappa shape index (κ1) is 14.4. The Morgan fingerprint density at radius 1 is 0.682 bits per heavy atom. The summed E-state index contributed by atoms with van der Waals surface area (Å²) in [5.41, 5.74) is 1.20. The SMILES string of the molecule is Cc1ccc([S](O[n+]2ccccc2)O[n+]2ccccc2)cc1. The third kappa shape index (κ3) is 3.77. The minimum absolute atomic E-state index is 0.872. The molecular weight excluding hydrogens is 296 g/mol. The highest BCUT2D eigenvalue weighted by Gasteiger charge is 2.24. The molecule has 0 atom stereocenters. The van der Waals surface area contributed by atoms with Crippen LogP contribution in [0.2, 0.25) is 0 Å². The van der Waals surface area contributed by atoms with E-state index in [1.165, 1.54) is 5.56 Å². The largest absolute Gasteiger partial charge is 0.333 e. The van der Waals surface area contributed by atoms with Crippen molar-refractivity contribution < 1.29 is 18.0 Å². The summed E-state index contributed by atoms with van der Waals surface area (Å²) in [7, 11) is 0. The lowest BCUT2D eigenvalue weighted by atomic mass is 10.2. The topological polar surface area (TPSA) is 26.2 Å². The van der Waals surface area contributed by atoms with Crippen LogP contribution in [0, 0.1) is 6.92 Å². The zero-order valence-electron chi connectivity index (χ0n) is 12.2. The van der Waals surface area contributed by atoms with Gasteiger partial charge in [0.25, 0.3) is 0 Å². The second-order valence-corrected chi connectivity index (χ2v) is 5.91. The van der Waals surface area contributed by atoms with E-state index in [2.05, 4.69) is 6.92 Å². The maximum Gasteiger partial charge on any atom is 0.333 e. The van der Waals surface area contributed by atoms with Gasteiger partial charge in [0.05, 0.1) is 4.90 Å². The highest BCUT2D eigenvalue weighted by atomic mass is 32.2. The molecule has 0 amide bonds. The van der Waals surface area contributed by atoms with Crippen molar-refractivity contribution in [2.75, 3.05) is 0 Å². The normalized spacial score (nSPS) is 10.5. The maximum absolute atomic E-state index is 5.95. The standard InChI is InChI=1S/C17H17N2O2S/c1-16-8-10-17(11-9-16)22(20-18-12-4-2-5-13-18)21-19-14-6-3-7-15-19/h2-15H,1H3/q+2. The minimum Gasteiger partial charge on any atom is -0.157 e. The van der Waals surface area contributed by atoms with E-state index in [1.54, 1.807) is 9.46 Å². The number of benzene rings is 1. The highest BCUT2D eigenvalue weighted by Crippen LogP contribution is 2.30. The van der Waals surface area contributed by atoms with E-state index >= 15 is 0 Å². The van der Waals surface area contributed by atoms with Gasteiger partial charge in [-0.05, 0) is 19.1 Å². The first-order valence-electron chi connectivity index (χ1n) is 6.92. The number of nitrogens with zero attached hydrogens (tertiary/aromatic N) is 2. The van der Waals surface area contributed by atoms with Crippen LogP contribution in [-0.4, -0.2) is 0 Å². The third-order valence-electron chi connectivity index (χ3n) is 2.90. The van der Waals surface area contributed by atoms with E-state index in [9.17, 15) is 0 Å². The van der Waals surface area contributed by atoms with E-state index < -0.39 is 11.5 Å². The molecule has 0 saturated carbocycles. The predicted molar refractivity (Wildman–Crippen MR) is 83.5 cm³/mol. The summed E-state index contributed by atoms with van der Waals surface area (Å²) in [5.74, 6) is 0. The second-order valence-electron chi connectivity index (χ2n) is 4.67. The molecule has 2 aromatic heterocycles. The number of hydrogen-bond donors (Lipinski definition) is 0. The van der Waals surface area contributed by atoms with Gasteiger partial charge in [-0.1, -0.05) is 29.8 Å². The van der Waals surface area contributed by atoms with Crippen molar-refractivity contribution in [2.24, 2.45) is 0 Å². The maximum atomic E-state index is 5.95. The van der Waals surface area contributed by atoms with Crippen LogP contribution < -0.4 is 18.0 Å². The average Bonchev–Trinajstić information content (AvgIpc) is 2.57. The van der Waals surface area contributed by atoms with Gasteiger partial charge in [0.1, 0.15) is 0 Å². The van der Waals surface area contributed by atoms with Gasteiger partial charge in [0.15, 0.2) is 0 Å². The van der Waals surface area contributed by atoms with E-state index in [-0.39, 0.29) is 0 Å². The van der Waals surface area contributed by atoms with Crippen molar-refractivity contribution in [3.8, 4) is 0 Å². The molecule has 111 valence electrons. The van der Waals surface area contributed by atoms with Gasteiger partial charge in [-0.25, -0.2) is 0 Å². The molecule has 22 heavy (non-hydrogen) atoms. The molecule has 0 aliphatic rings. The number of hydrogen-bond acceptors (Lipinski definition) is 2. The number of aryl methyl sites for hydroxylation is 1. The number of rotatable bonds is 5. The average molecular weight is 313 g/mol. The van der Waals surface area contributed by atoms with Crippen LogP contribution in [0.25, 0.3) is 0 Å². The second kappa shape index (κ2) is 6.95. The molecule has 3 aromatic rings. The van der Waals surface area contributed by atoms with Crippen LogP contribution in [0.3, 0.4) is 0 Å². The number of pyridine rings is 2. The molecule has 4 nitrogen and oxygen atoms in total. The lowest BCUT2D eigenvalue weighted by molar-refractivity contribution is -0.879. The summed E-state index contributed by atoms with van der Waals surface area (Å²) in [6.07, 6.45) is 7.36. The van der Waals surface area contributed by atoms with E-state index in [1.807, 2.05) is 85.5 Å². The van der Waals surface area contributed by atoms with Gasteiger partial charge in [0, 0.05) is 33.7 Å². The van der Waals surface area contributed by atoms with Gasteiger partial charge in [-0.3, -0.25) is 0 Å². The summed E-state index contributed by atoms with van der Waals surface area (Å²) >= 11 is -0.872. The molecular formula is C17H17N2O2S+2. The first-order chi connectivity index (χ1) is 10.8. The van der Waals surface area contributed by atoms with Crippen molar-refractivity contribution in [1.82, 2.24) is 0 Å². The molecule has 1 aromatic carbocycles. The Labute approximate surface area is 132 Å². The molecule has 0 spiro atoms. The molecule has 5 heteroatoms. The predicted octanol–water partition coefficient (Wildman–Crippen LogP) is 2.29. The Hall–Kier alpha value is -2.53. The Morgan fingerprint density at radius 2 is 1.14 bits per heavy atom. The summed E-state index contributed by atoms with van der Waals surface area (Å²) in [4.78, 5) is 0.971. The molecule has 0 fully saturated rings. The molecule has 0 N–H and O–H groups in total. The molecule has 1 radical (unpaired) electrons. The smallest absolute Gasteiger partial charge is 0.157 e. The zero-order valence-corrected chi connectivity index (χ0v) is 13.0. The molecule has 0 aliphatic carbocycles. The van der Waals surface area contributed by atoms with Crippen LogP contribution >= 0.6 is 11.5 Å². The molecule has 0 saturated heterocycles. The fourth-order valence-corrected chi connectivity index (χ4v) is 2.84. The van der Waals surface area contributed by atoms with Gasteiger partial charge in [-0.15, -0.1) is 0 Å². The minimum atomic E-state index is -0.872. The van der Waals surface area contributed by atoms with E-state index in [0.717, 1.165) is 4.90 Å². The van der Waals surface area contributed by atoms with E-state index in [0.29, 0.717) is 0 Å². The quantitative estimate of drug-likeness (QED) is 0.676. The highest BCUT2D eigenvalue weighted by molar-refractivity contribution is 8.08. The van der Waals surface area contributed by atoms with Crippen LogP contribution in [0.1, 0.15) is 5.56 Å². The zero-order chi connectivity index (χ0) is 15.2. The Morgan fingerprint density at radius 3 is 1.59 bits per heavy atom. The lowest BCUT2D eigenvalue weighted by Gasteiger charge is -2.09. The van der Waals surface area contributed by atoms with Crippen molar-refractivity contribution in [3.05, 3.63) is 91.0 Å². The monoisotopic (exact) mass is 313 g/mol. The molecule has 2 heterocycles. The summed E-state index contributed by atoms with van der Waals surface area (Å²) < 4.78 is 15.2. The molecule has 0 aliphatic heterocycles. The van der Waals surface area contributed by atoms with Gasteiger partial charge >= 0.3 is 11.5 Å². The Bertz CT molecular complexity index is 664. The van der Waals surface area contributed by atoms with Crippen LogP contribution in [0.15, 0.2) is 90.3 Å². The van der Waals surface area contributed by atoms with Crippen molar-refractivity contribution in [3.63, 3.8) is 0 Å². The van der Waals surface area contributed by atoms with Crippen molar-refractivity contribution >= 4 is 11.5 Å². The fourth-order valence-electron chi connectivity index (χ4n) is 1.77. The van der Waals surface area contributed by atoms with Crippen LogP contribution in [0.5, 0.6) is 0 Å². The Balaban J connectivity index is 1.86. The summed E-state index contributed by atoms with van der Waals surface area (Å²) in [6.45, 7) is 2.06. The van der Waals surface area contributed by atoms with E-state index in [4.69, 9.17) is 8.57 Å². The Kier molecular flexibility index (Phi) is 4.56.